The molecule has 0 aromatic carbocycles. The Morgan fingerprint density at radius 3 is 2.42 bits per heavy atom. The number of rotatable bonds is 5. The second kappa shape index (κ2) is 5.97. The number of aliphatic hydroxyl groups excluding tert-OH is 2. The van der Waals surface area contributed by atoms with Crippen molar-refractivity contribution < 1.29 is 19.7 Å². The van der Waals surface area contributed by atoms with Crippen molar-refractivity contribution >= 4 is 5.97 Å². The van der Waals surface area contributed by atoms with Crippen LogP contribution in [-0.2, 0) is 9.53 Å². The average Bonchev–Trinajstić information content (AvgIpc) is 1.97. The van der Waals surface area contributed by atoms with Crippen molar-refractivity contribution in [3.8, 4) is 0 Å². The number of hydrogen-bond acceptors (Lipinski definition) is 4. The van der Waals surface area contributed by atoms with E-state index in [0.29, 0.717) is 12.8 Å². The molecule has 0 saturated carbocycles. The molecule has 0 aliphatic heterocycles. The summed E-state index contributed by atoms with van der Waals surface area (Å²) in [5, 5.41) is 17.5. The molecule has 0 heterocycles. The Labute approximate surface area is 72.2 Å². The SMILES string of the molecule is CC(O)CCCOC(=O)C(C)O. The number of ether oxygens (including phenoxy) is 1. The molecule has 12 heavy (non-hydrogen) atoms. The van der Waals surface area contributed by atoms with Gasteiger partial charge in [-0.2, -0.15) is 0 Å². The van der Waals surface area contributed by atoms with Gasteiger partial charge in [-0.15, -0.1) is 0 Å². The molecule has 72 valence electrons. The van der Waals surface area contributed by atoms with Gasteiger partial charge in [0.1, 0.15) is 6.10 Å². The first-order valence-corrected chi connectivity index (χ1v) is 4.06. The summed E-state index contributed by atoms with van der Waals surface area (Å²) in [6, 6.07) is 0. The number of carbonyl (C=O) groups is 1. The first-order chi connectivity index (χ1) is 5.54. The van der Waals surface area contributed by atoms with Crippen LogP contribution in [0.2, 0.25) is 0 Å². The maximum Gasteiger partial charge on any atom is 0.334 e. The van der Waals surface area contributed by atoms with Crippen LogP contribution in [-0.4, -0.2) is 35.0 Å². The first kappa shape index (κ1) is 11.4. The maximum atomic E-state index is 10.7. The van der Waals surface area contributed by atoms with E-state index in [2.05, 4.69) is 4.74 Å². The Hall–Kier alpha value is -0.610. The highest BCUT2D eigenvalue weighted by Crippen LogP contribution is 1.97. The fourth-order valence-corrected chi connectivity index (χ4v) is 0.672. The van der Waals surface area contributed by atoms with Crippen LogP contribution in [0.4, 0.5) is 0 Å². The molecule has 0 saturated heterocycles. The lowest BCUT2D eigenvalue weighted by Gasteiger charge is -2.06. The van der Waals surface area contributed by atoms with Crippen LogP contribution in [0.15, 0.2) is 0 Å². The second-order valence-electron chi connectivity index (χ2n) is 2.83. The van der Waals surface area contributed by atoms with Crippen molar-refractivity contribution in [2.45, 2.75) is 38.9 Å². The number of carbonyl (C=O) groups excluding carboxylic acids is 1. The Kier molecular flexibility index (Phi) is 5.66. The molecule has 2 N–H and O–H groups in total. The molecule has 0 aliphatic rings. The number of hydrogen-bond donors (Lipinski definition) is 2. The smallest absolute Gasteiger partial charge is 0.334 e. The minimum absolute atomic E-state index is 0.259. The zero-order chi connectivity index (χ0) is 9.56. The van der Waals surface area contributed by atoms with E-state index in [0.717, 1.165) is 0 Å². The Bertz CT molecular complexity index is 131. The standard InChI is InChI=1S/C8H16O4/c1-6(9)4-3-5-12-8(11)7(2)10/h6-7,9-10H,3-5H2,1-2H3. The zero-order valence-electron chi connectivity index (χ0n) is 7.49. The minimum atomic E-state index is -1.06. The molecule has 0 bridgehead atoms. The van der Waals surface area contributed by atoms with Gasteiger partial charge in [-0.3, -0.25) is 0 Å². The van der Waals surface area contributed by atoms with Crippen molar-refractivity contribution in [2.75, 3.05) is 6.61 Å². The third kappa shape index (κ3) is 6.12. The summed E-state index contributed by atoms with van der Waals surface area (Å²) in [6.07, 6.45) is -0.199. The third-order valence-electron chi connectivity index (χ3n) is 1.35. The Balaban J connectivity index is 3.26. The maximum absolute atomic E-state index is 10.7. The monoisotopic (exact) mass is 176 g/mol. The van der Waals surface area contributed by atoms with Crippen LogP contribution in [0.1, 0.15) is 26.7 Å². The summed E-state index contributed by atoms with van der Waals surface area (Å²) in [7, 11) is 0. The van der Waals surface area contributed by atoms with Gasteiger partial charge in [0, 0.05) is 0 Å². The van der Waals surface area contributed by atoms with Gasteiger partial charge < -0.3 is 14.9 Å². The molecule has 2 atom stereocenters. The van der Waals surface area contributed by atoms with Gasteiger partial charge in [0.05, 0.1) is 12.7 Å². The van der Waals surface area contributed by atoms with Crippen LogP contribution in [0.3, 0.4) is 0 Å². The van der Waals surface area contributed by atoms with Crippen LogP contribution in [0, 0.1) is 0 Å². The summed E-state index contributed by atoms with van der Waals surface area (Å²) in [4.78, 5) is 10.7. The molecular weight excluding hydrogens is 160 g/mol. The molecule has 4 nitrogen and oxygen atoms in total. The molecule has 0 amide bonds. The van der Waals surface area contributed by atoms with E-state index in [9.17, 15) is 4.79 Å². The van der Waals surface area contributed by atoms with Crippen molar-refractivity contribution in [3.63, 3.8) is 0 Å². The van der Waals surface area contributed by atoms with Crippen molar-refractivity contribution in [1.29, 1.82) is 0 Å². The van der Waals surface area contributed by atoms with E-state index in [1.165, 1.54) is 6.92 Å². The normalized spacial score (nSPS) is 15.3. The molecule has 0 rings (SSSR count). The summed E-state index contributed by atoms with van der Waals surface area (Å²) in [5.74, 6) is -0.611. The fourth-order valence-electron chi connectivity index (χ4n) is 0.672. The third-order valence-corrected chi connectivity index (χ3v) is 1.35. The molecule has 0 aliphatic carbocycles. The Morgan fingerprint density at radius 1 is 1.42 bits per heavy atom. The molecule has 0 fully saturated rings. The largest absolute Gasteiger partial charge is 0.464 e. The molecule has 0 radical (unpaired) electrons. The predicted octanol–water partition coefficient (Wildman–Crippen LogP) is 0.0714. The molecule has 0 aromatic heterocycles. The number of aliphatic hydroxyl groups is 2. The van der Waals surface area contributed by atoms with Gasteiger partial charge in [0.2, 0.25) is 0 Å². The second-order valence-corrected chi connectivity index (χ2v) is 2.83. The topological polar surface area (TPSA) is 66.8 Å². The van der Waals surface area contributed by atoms with Crippen molar-refractivity contribution in [1.82, 2.24) is 0 Å². The lowest BCUT2D eigenvalue weighted by molar-refractivity contribution is -0.152. The Morgan fingerprint density at radius 2 is 2.00 bits per heavy atom. The van der Waals surface area contributed by atoms with Crippen LogP contribution in [0.25, 0.3) is 0 Å². The van der Waals surface area contributed by atoms with Crippen LogP contribution in [0.5, 0.6) is 0 Å². The van der Waals surface area contributed by atoms with E-state index >= 15 is 0 Å². The predicted molar refractivity (Wildman–Crippen MR) is 43.6 cm³/mol. The highest BCUT2D eigenvalue weighted by atomic mass is 16.5. The summed E-state index contributed by atoms with van der Waals surface area (Å²) < 4.78 is 4.65. The van der Waals surface area contributed by atoms with E-state index in [1.807, 2.05) is 0 Å². The molecule has 0 spiro atoms. The van der Waals surface area contributed by atoms with Gasteiger partial charge in [-0.05, 0) is 26.7 Å². The van der Waals surface area contributed by atoms with Crippen molar-refractivity contribution in [3.05, 3.63) is 0 Å². The summed E-state index contributed by atoms with van der Waals surface area (Å²) in [5.41, 5.74) is 0. The van der Waals surface area contributed by atoms with Gasteiger partial charge in [0.25, 0.3) is 0 Å². The van der Waals surface area contributed by atoms with Crippen LogP contribution >= 0.6 is 0 Å². The summed E-state index contributed by atoms with van der Waals surface area (Å²) >= 11 is 0. The molecule has 4 heteroatoms. The lowest BCUT2D eigenvalue weighted by atomic mass is 10.2. The van der Waals surface area contributed by atoms with E-state index in [-0.39, 0.29) is 12.7 Å². The highest BCUT2D eigenvalue weighted by molar-refractivity contribution is 5.73. The lowest BCUT2D eigenvalue weighted by Crippen LogP contribution is -2.20. The van der Waals surface area contributed by atoms with Gasteiger partial charge in [0.15, 0.2) is 0 Å². The summed E-state index contributed by atoms with van der Waals surface area (Å²) in [6.45, 7) is 3.29. The average molecular weight is 176 g/mol. The van der Waals surface area contributed by atoms with E-state index in [4.69, 9.17) is 10.2 Å². The zero-order valence-corrected chi connectivity index (χ0v) is 7.49. The van der Waals surface area contributed by atoms with E-state index in [1.54, 1.807) is 6.92 Å². The van der Waals surface area contributed by atoms with Gasteiger partial charge in [-0.25, -0.2) is 4.79 Å². The van der Waals surface area contributed by atoms with Crippen molar-refractivity contribution in [2.24, 2.45) is 0 Å². The quantitative estimate of drug-likeness (QED) is 0.459. The highest BCUT2D eigenvalue weighted by Gasteiger charge is 2.09. The minimum Gasteiger partial charge on any atom is -0.464 e. The fraction of sp³-hybridized carbons (Fsp3) is 0.875. The van der Waals surface area contributed by atoms with E-state index < -0.39 is 12.1 Å². The van der Waals surface area contributed by atoms with Crippen LogP contribution < -0.4 is 0 Å². The molecule has 2 unspecified atom stereocenters. The van der Waals surface area contributed by atoms with Gasteiger partial charge >= 0.3 is 5.97 Å². The number of esters is 1. The molecule has 0 aromatic rings. The van der Waals surface area contributed by atoms with Gasteiger partial charge in [-0.1, -0.05) is 0 Å². The molecular formula is C8H16O4. The first-order valence-electron chi connectivity index (χ1n) is 4.06.